The third-order valence-electron chi connectivity index (χ3n) is 3.03. The van der Waals surface area contributed by atoms with Gasteiger partial charge in [0.15, 0.2) is 0 Å². The highest BCUT2D eigenvalue weighted by molar-refractivity contribution is 6.30. The van der Waals surface area contributed by atoms with Crippen molar-refractivity contribution >= 4 is 17.6 Å². The first-order chi connectivity index (χ1) is 9.07. The van der Waals surface area contributed by atoms with Gasteiger partial charge in [-0.3, -0.25) is 0 Å². The molecule has 1 aromatic carbocycles. The van der Waals surface area contributed by atoms with Gasteiger partial charge in [0.05, 0.1) is 13.2 Å². The Morgan fingerprint density at radius 1 is 1.37 bits per heavy atom. The molecule has 0 unspecified atom stereocenters. The van der Waals surface area contributed by atoms with Crippen LogP contribution >= 0.6 is 11.6 Å². The van der Waals surface area contributed by atoms with Gasteiger partial charge >= 0.3 is 6.03 Å². The summed E-state index contributed by atoms with van der Waals surface area (Å²) in [5.41, 5.74) is 0.0277. The summed E-state index contributed by atoms with van der Waals surface area (Å²) in [5, 5.41) is 16.0. The van der Waals surface area contributed by atoms with E-state index >= 15 is 0 Å². The van der Waals surface area contributed by atoms with Gasteiger partial charge in [-0.05, 0) is 17.7 Å². The summed E-state index contributed by atoms with van der Waals surface area (Å²) >= 11 is 5.77. The average molecular weight is 285 g/mol. The lowest BCUT2D eigenvalue weighted by atomic mass is 10.0. The molecule has 1 aliphatic rings. The Labute approximate surface area is 116 Å². The number of urea groups is 1. The molecule has 1 saturated heterocycles. The van der Waals surface area contributed by atoms with Gasteiger partial charge in [0.25, 0.3) is 0 Å². The topological polar surface area (TPSA) is 70.6 Å². The van der Waals surface area contributed by atoms with Crippen LogP contribution in [0.15, 0.2) is 24.3 Å². The van der Waals surface area contributed by atoms with Crippen molar-refractivity contribution in [3.63, 3.8) is 0 Å². The molecular weight excluding hydrogens is 268 g/mol. The van der Waals surface area contributed by atoms with E-state index in [0.717, 1.165) is 5.56 Å². The van der Waals surface area contributed by atoms with Crippen LogP contribution in [0.2, 0.25) is 5.02 Å². The van der Waals surface area contributed by atoms with Crippen molar-refractivity contribution in [2.24, 2.45) is 0 Å². The molecule has 0 saturated carbocycles. The molecule has 0 radical (unpaired) electrons. The maximum absolute atomic E-state index is 11.6. The molecule has 2 rings (SSSR count). The highest BCUT2D eigenvalue weighted by atomic mass is 35.5. The first-order valence-electron chi connectivity index (χ1n) is 6.14. The van der Waals surface area contributed by atoms with E-state index in [1.807, 2.05) is 12.1 Å². The minimum Gasteiger partial charge on any atom is -0.386 e. The van der Waals surface area contributed by atoms with Crippen LogP contribution in [-0.4, -0.2) is 36.5 Å². The van der Waals surface area contributed by atoms with Crippen LogP contribution in [0.25, 0.3) is 0 Å². The Hall–Kier alpha value is -1.30. The van der Waals surface area contributed by atoms with E-state index < -0.39 is 5.60 Å². The molecule has 6 heteroatoms. The molecule has 0 bridgehead atoms. The molecule has 1 fully saturated rings. The molecule has 1 aromatic rings. The van der Waals surface area contributed by atoms with Gasteiger partial charge in [-0.15, -0.1) is 0 Å². The maximum Gasteiger partial charge on any atom is 0.315 e. The number of rotatable bonds is 4. The number of nitrogens with one attached hydrogen (secondary N) is 2. The number of carbonyl (C=O) groups is 1. The summed E-state index contributed by atoms with van der Waals surface area (Å²) in [4.78, 5) is 11.6. The summed E-state index contributed by atoms with van der Waals surface area (Å²) in [6.07, 6.45) is 0.546. The standard InChI is InChI=1S/C13H17ClN2O3/c14-11-3-1-10(2-4-11)7-15-12(17)16-8-13(18)5-6-19-9-13/h1-4,18H,5-9H2,(H2,15,16,17)/t13-/m0/s1. The highest BCUT2D eigenvalue weighted by Gasteiger charge is 2.32. The fourth-order valence-corrected chi connectivity index (χ4v) is 1.95. The monoisotopic (exact) mass is 284 g/mol. The molecular formula is C13H17ClN2O3. The van der Waals surface area contributed by atoms with Crippen molar-refractivity contribution in [3.8, 4) is 0 Å². The summed E-state index contributed by atoms with van der Waals surface area (Å²) in [6, 6.07) is 6.93. The molecule has 1 aliphatic heterocycles. The minimum atomic E-state index is -0.933. The molecule has 1 heterocycles. The fourth-order valence-electron chi connectivity index (χ4n) is 1.83. The van der Waals surface area contributed by atoms with Gasteiger partial charge < -0.3 is 20.5 Å². The average Bonchev–Trinajstić information content (AvgIpc) is 2.83. The van der Waals surface area contributed by atoms with Crippen LogP contribution < -0.4 is 10.6 Å². The molecule has 0 spiro atoms. The summed E-state index contributed by atoms with van der Waals surface area (Å²) in [7, 11) is 0. The van der Waals surface area contributed by atoms with Crippen LogP contribution in [0.4, 0.5) is 4.79 Å². The van der Waals surface area contributed by atoms with E-state index in [1.54, 1.807) is 12.1 Å². The van der Waals surface area contributed by atoms with E-state index in [1.165, 1.54) is 0 Å². The molecule has 3 N–H and O–H groups in total. The van der Waals surface area contributed by atoms with Crippen molar-refractivity contribution in [2.45, 2.75) is 18.6 Å². The van der Waals surface area contributed by atoms with Gasteiger partial charge in [-0.1, -0.05) is 23.7 Å². The van der Waals surface area contributed by atoms with E-state index in [4.69, 9.17) is 16.3 Å². The van der Waals surface area contributed by atoms with E-state index in [-0.39, 0.29) is 19.2 Å². The second-order valence-electron chi connectivity index (χ2n) is 4.69. The van der Waals surface area contributed by atoms with Crippen LogP contribution in [0.1, 0.15) is 12.0 Å². The van der Waals surface area contributed by atoms with Gasteiger partial charge in [-0.2, -0.15) is 0 Å². The molecule has 5 nitrogen and oxygen atoms in total. The summed E-state index contributed by atoms with van der Waals surface area (Å²) < 4.78 is 5.10. The van der Waals surface area contributed by atoms with E-state index in [9.17, 15) is 9.90 Å². The third kappa shape index (κ3) is 4.38. The first-order valence-corrected chi connectivity index (χ1v) is 6.51. The molecule has 104 valence electrons. The molecule has 0 aromatic heterocycles. The van der Waals surface area contributed by atoms with Crippen molar-refractivity contribution in [1.29, 1.82) is 0 Å². The smallest absolute Gasteiger partial charge is 0.315 e. The predicted molar refractivity (Wildman–Crippen MR) is 72.1 cm³/mol. The van der Waals surface area contributed by atoms with Crippen LogP contribution in [-0.2, 0) is 11.3 Å². The zero-order valence-corrected chi connectivity index (χ0v) is 11.2. The number of hydrogen-bond donors (Lipinski definition) is 3. The quantitative estimate of drug-likeness (QED) is 0.780. The predicted octanol–water partition coefficient (Wildman–Crippen LogP) is 1.29. The Morgan fingerprint density at radius 3 is 2.74 bits per heavy atom. The van der Waals surface area contributed by atoms with E-state index in [0.29, 0.717) is 24.6 Å². The number of carbonyl (C=O) groups excluding carboxylic acids is 1. The van der Waals surface area contributed by atoms with Gasteiger partial charge in [0, 0.05) is 24.6 Å². The molecule has 0 aliphatic carbocycles. The van der Waals surface area contributed by atoms with Crippen LogP contribution in [0.3, 0.4) is 0 Å². The van der Waals surface area contributed by atoms with Crippen LogP contribution in [0, 0.1) is 0 Å². The number of amides is 2. The van der Waals surface area contributed by atoms with Crippen molar-refractivity contribution < 1.29 is 14.6 Å². The van der Waals surface area contributed by atoms with Crippen LogP contribution in [0.5, 0.6) is 0 Å². The lowest BCUT2D eigenvalue weighted by molar-refractivity contribution is 0.0292. The molecule has 2 amide bonds. The number of aliphatic hydroxyl groups is 1. The fraction of sp³-hybridized carbons (Fsp3) is 0.462. The molecule has 1 atom stereocenters. The number of ether oxygens (including phenoxy) is 1. The zero-order chi connectivity index (χ0) is 13.7. The summed E-state index contributed by atoms with van der Waals surface area (Å²) in [6.45, 7) is 1.41. The van der Waals surface area contributed by atoms with Gasteiger partial charge in [-0.25, -0.2) is 4.79 Å². The third-order valence-corrected chi connectivity index (χ3v) is 3.28. The Morgan fingerprint density at radius 2 is 2.11 bits per heavy atom. The number of benzene rings is 1. The minimum absolute atomic E-state index is 0.194. The zero-order valence-electron chi connectivity index (χ0n) is 10.5. The number of halogens is 1. The highest BCUT2D eigenvalue weighted by Crippen LogP contribution is 2.16. The van der Waals surface area contributed by atoms with Crippen molar-refractivity contribution in [1.82, 2.24) is 10.6 Å². The second kappa shape index (κ2) is 6.23. The van der Waals surface area contributed by atoms with Crippen molar-refractivity contribution in [2.75, 3.05) is 19.8 Å². The molecule has 19 heavy (non-hydrogen) atoms. The maximum atomic E-state index is 11.6. The Kier molecular flexibility index (Phi) is 4.63. The largest absolute Gasteiger partial charge is 0.386 e. The lowest BCUT2D eigenvalue weighted by Gasteiger charge is -2.20. The van der Waals surface area contributed by atoms with E-state index in [2.05, 4.69) is 10.6 Å². The van der Waals surface area contributed by atoms with Crippen molar-refractivity contribution in [3.05, 3.63) is 34.9 Å². The first kappa shape index (κ1) is 14.1. The summed E-state index contributed by atoms with van der Waals surface area (Å²) in [5.74, 6) is 0. The Bertz CT molecular complexity index is 430. The normalized spacial score (nSPS) is 22.2. The second-order valence-corrected chi connectivity index (χ2v) is 5.13. The van der Waals surface area contributed by atoms with Gasteiger partial charge in [0.2, 0.25) is 0 Å². The SMILES string of the molecule is O=C(NCc1ccc(Cl)cc1)NC[C@@]1(O)CCOC1. The number of hydrogen-bond acceptors (Lipinski definition) is 3. The Balaban J connectivity index is 1.71. The lowest BCUT2D eigenvalue weighted by Crippen LogP contribution is -2.46. The van der Waals surface area contributed by atoms with Gasteiger partial charge in [0.1, 0.15) is 5.60 Å².